The van der Waals surface area contributed by atoms with E-state index in [9.17, 15) is 20.1 Å². The topological polar surface area (TPSA) is 123 Å². The highest BCUT2D eigenvalue weighted by Gasteiger charge is 2.55. The summed E-state index contributed by atoms with van der Waals surface area (Å²) in [6, 6.07) is 9.68. The summed E-state index contributed by atoms with van der Waals surface area (Å²) in [7, 11) is 1.54. The molecule has 2 N–H and O–H groups in total. The van der Waals surface area contributed by atoms with Crippen molar-refractivity contribution >= 4 is 11.4 Å². The number of hydrogen-bond donors (Lipinski definition) is 2. The molecule has 2 aromatic carbocycles. The first-order valence-corrected chi connectivity index (χ1v) is 11.9. The van der Waals surface area contributed by atoms with Gasteiger partial charge in [0.25, 0.3) is 5.69 Å². The normalized spacial score (nSPS) is 28.8. The number of ether oxygens (including phenoxy) is 1. The van der Waals surface area contributed by atoms with Crippen molar-refractivity contribution < 1.29 is 19.6 Å². The molecule has 3 aliphatic carbocycles. The fourth-order valence-electron chi connectivity index (χ4n) is 6.51. The Morgan fingerprint density at radius 2 is 2.00 bits per heavy atom. The zero-order valence-electron chi connectivity index (χ0n) is 19.8. The average molecular weight is 480 g/mol. The molecule has 5 rings (SSSR count). The number of phenolic OH excluding ortho intramolecular Hbond substituents is 1. The number of rotatable bonds is 7. The Morgan fingerprint density at radius 1 is 1.23 bits per heavy atom. The first-order chi connectivity index (χ1) is 16.9. The van der Waals surface area contributed by atoms with E-state index < -0.39 is 4.92 Å². The number of methoxy groups -OCH3 is 1. The van der Waals surface area contributed by atoms with Crippen LogP contribution in [-0.4, -0.2) is 23.2 Å². The van der Waals surface area contributed by atoms with Gasteiger partial charge in [-0.2, -0.15) is 4.91 Å². The third-order valence-corrected chi connectivity index (χ3v) is 8.38. The number of aromatic hydroxyl groups is 1. The zero-order chi connectivity index (χ0) is 24.7. The van der Waals surface area contributed by atoms with Gasteiger partial charge < -0.3 is 9.84 Å². The lowest BCUT2D eigenvalue weighted by Crippen LogP contribution is -2.42. The first kappa shape index (κ1) is 23.3. The molecular weight excluding hydrogens is 450 g/mol. The smallest absolute Gasteiger partial charge is 0.269 e. The molecule has 2 aromatic rings. The van der Waals surface area contributed by atoms with Crippen molar-refractivity contribution in [3.8, 4) is 11.5 Å². The molecule has 5 atom stereocenters. The molecule has 0 aliphatic heterocycles. The van der Waals surface area contributed by atoms with Gasteiger partial charge in [-0.1, -0.05) is 18.2 Å². The van der Waals surface area contributed by atoms with E-state index in [1.165, 1.54) is 12.1 Å². The maximum absolute atomic E-state index is 11.6. The summed E-state index contributed by atoms with van der Waals surface area (Å²) in [6.07, 6.45) is 5.81. The molecule has 3 aliphatic rings. The highest BCUT2D eigenvalue weighted by molar-refractivity contribution is 5.72. The number of non-ortho nitro benzene ring substituents is 1. The quantitative estimate of drug-likeness (QED) is 0.308. The summed E-state index contributed by atoms with van der Waals surface area (Å²) in [6.45, 7) is 2.41. The number of allylic oxidation sites excluding steroid dienone is 1. The molecule has 0 amide bonds. The molecule has 2 saturated carbocycles. The minimum Gasteiger partial charge on any atom is -0.504 e. The minimum atomic E-state index is -0.435. The van der Waals surface area contributed by atoms with Gasteiger partial charge in [0.15, 0.2) is 11.5 Å². The van der Waals surface area contributed by atoms with E-state index in [1.54, 1.807) is 25.3 Å². The maximum Gasteiger partial charge on any atom is 0.269 e. The van der Waals surface area contributed by atoms with Crippen LogP contribution in [0.25, 0.3) is 5.70 Å². The van der Waals surface area contributed by atoms with Crippen molar-refractivity contribution in [3.63, 3.8) is 0 Å². The molecule has 1 unspecified atom stereocenters. The van der Waals surface area contributed by atoms with Gasteiger partial charge in [-0.3, -0.25) is 20.4 Å². The van der Waals surface area contributed by atoms with Crippen molar-refractivity contribution in [2.75, 3.05) is 7.11 Å². The van der Waals surface area contributed by atoms with Crippen LogP contribution in [-0.2, 0) is 11.4 Å². The molecule has 184 valence electrons. The molecule has 0 radical (unpaired) electrons. The van der Waals surface area contributed by atoms with Crippen molar-refractivity contribution in [2.24, 2.45) is 22.4 Å². The molecule has 2 fully saturated rings. The minimum absolute atomic E-state index is 0.0288. The van der Waals surface area contributed by atoms with Crippen molar-refractivity contribution in [1.82, 2.24) is 5.48 Å². The number of nitro groups is 1. The summed E-state index contributed by atoms with van der Waals surface area (Å²) in [5.41, 5.74) is 6.48. The van der Waals surface area contributed by atoms with Gasteiger partial charge in [0, 0.05) is 17.7 Å². The lowest BCUT2D eigenvalue weighted by atomic mass is 9.56. The van der Waals surface area contributed by atoms with Crippen molar-refractivity contribution in [1.29, 1.82) is 0 Å². The van der Waals surface area contributed by atoms with Gasteiger partial charge in [-0.05, 0) is 84.2 Å². The largest absolute Gasteiger partial charge is 0.504 e. The molecule has 9 heteroatoms. The van der Waals surface area contributed by atoms with Gasteiger partial charge >= 0.3 is 0 Å². The highest BCUT2D eigenvalue weighted by Crippen LogP contribution is 2.61. The second-order valence-electron chi connectivity index (χ2n) is 10.0. The van der Waals surface area contributed by atoms with Crippen LogP contribution < -0.4 is 10.2 Å². The number of nitro benzene ring substituents is 1. The summed E-state index contributed by atoms with van der Waals surface area (Å²) in [4.78, 5) is 27.8. The Balaban J connectivity index is 1.44. The standard InChI is InChI=1S/C26H29N3O6/c1-26-10-9-17-18-13-24(34-2)23(30)12-20(18)22(11-19(17)21(26)7-8-25(26)27-31)28-35-14-15-3-5-16(6-4-15)29(32)33/h3-6,11-13,17,19,21,25,28,30H,7-10,14H2,1-2H3/t17-,19-,21+,25?,26+/m1/s1. The summed E-state index contributed by atoms with van der Waals surface area (Å²) in [5.74, 6) is 1.27. The number of nitrogens with one attached hydrogen (secondary N) is 1. The summed E-state index contributed by atoms with van der Waals surface area (Å²) in [5, 5.41) is 24.8. The van der Waals surface area contributed by atoms with Crippen LogP contribution in [0.4, 0.5) is 5.69 Å². The van der Waals surface area contributed by atoms with Gasteiger partial charge in [-0.25, -0.2) is 0 Å². The van der Waals surface area contributed by atoms with Crippen LogP contribution >= 0.6 is 0 Å². The monoisotopic (exact) mass is 479 g/mol. The number of phenols is 1. The summed E-state index contributed by atoms with van der Waals surface area (Å²) < 4.78 is 5.41. The van der Waals surface area contributed by atoms with E-state index in [4.69, 9.17) is 9.57 Å². The number of hydroxylamine groups is 1. The van der Waals surface area contributed by atoms with Gasteiger partial charge in [0.05, 0.1) is 30.4 Å². The number of nitroso groups, excluding NO2 is 1. The lowest BCUT2D eigenvalue weighted by Gasteiger charge is -2.48. The van der Waals surface area contributed by atoms with Crippen LogP contribution in [0.2, 0.25) is 0 Å². The van der Waals surface area contributed by atoms with E-state index in [-0.39, 0.29) is 41.3 Å². The molecular formula is C26H29N3O6. The Morgan fingerprint density at radius 3 is 2.69 bits per heavy atom. The fraction of sp³-hybridized carbons (Fsp3) is 0.462. The van der Waals surface area contributed by atoms with Gasteiger partial charge in [-0.15, -0.1) is 0 Å². The second-order valence-corrected chi connectivity index (χ2v) is 10.0. The molecule has 0 bridgehead atoms. The van der Waals surface area contributed by atoms with Crippen LogP contribution in [0.3, 0.4) is 0 Å². The number of hydrogen-bond acceptors (Lipinski definition) is 8. The lowest BCUT2D eigenvalue weighted by molar-refractivity contribution is -0.384. The second kappa shape index (κ2) is 8.96. The first-order valence-electron chi connectivity index (χ1n) is 11.9. The predicted molar refractivity (Wildman–Crippen MR) is 130 cm³/mol. The van der Waals surface area contributed by atoms with E-state index in [1.807, 2.05) is 6.07 Å². The fourth-order valence-corrected chi connectivity index (χ4v) is 6.51. The zero-order valence-corrected chi connectivity index (χ0v) is 19.8. The summed E-state index contributed by atoms with van der Waals surface area (Å²) >= 11 is 0. The number of nitrogens with zero attached hydrogens (tertiary/aromatic N) is 2. The van der Waals surface area contributed by atoms with Crippen LogP contribution in [0.1, 0.15) is 55.2 Å². The van der Waals surface area contributed by atoms with Crippen LogP contribution in [0, 0.1) is 32.3 Å². The Bertz CT molecular complexity index is 1180. The average Bonchev–Trinajstić information content (AvgIpc) is 3.20. The Labute approximate surface area is 203 Å². The van der Waals surface area contributed by atoms with Crippen molar-refractivity contribution in [2.45, 2.75) is 51.2 Å². The Kier molecular flexibility index (Phi) is 5.96. The Hall–Kier alpha value is -3.46. The van der Waals surface area contributed by atoms with Crippen LogP contribution in [0.15, 0.2) is 47.7 Å². The van der Waals surface area contributed by atoms with E-state index in [0.29, 0.717) is 11.7 Å². The van der Waals surface area contributed by atoms with Crippen molar-refractivity contribution in [3.05, 3.63) is 74.2 Å². The van der Waals surface area contributed by atoms with E-state index >= 15 is 0 Å². The molecule has 0 heterocycles. The van der Waals surface area contributed by atoms with E-state index in [2.05, 4.69) is 23.7 Å². The molecule has 0 saturated heterocycles. The van der Waals surface area contributed by atoms with Crippen LogP contribution in [0.5, 0.6) is 11.5 Å². The SMILES string of the molecule is COc1cc2c(cc1O)C(NOCc1ccc([N+](=O)[O-])cc1)=C[C@@H]1[C@@H]2CC[C@]2(C)C(N=O)CC[C@@H]12. The predicted octanol–water partition coefficient (Wildman–Crippen LogP) is 5.43. The number of fused-ring (bicyclic) bond motifs is 5. The van der Waals surface area contributed by atoms with Gasteiger partial charge in [0.1, 0.15) is 0 Å². The highest BCUT2D eigenvalue weighted by atomic mass is 16.6. The molecule has 35 heavy (non-hydrogen) atoms. The third kappa shape index (κ3) is 3.93. The number of benzene rings is 2. The maximum atomic E-state index is 11.6. The van der Waals surface area contributed by atoms with E-state index in [0.717, 1.165) is 48.1 Å². The molecule has 0 spiro atoms. The van der Waals surface area contributed by atoms with Gasteiger partial charge in [0.2, 0.25) is 0 Å². The third-order valence-electron chi connectivity index (χ3n) is 8.38. The molecule has 9 nitrogen and oxygen atoms in total. The molecule has 0 aromatic heterocycles.